The van der Waals surface area contributed by atoms with Gasteiger partial charge in [-0.1, -0.05) is 24.0 Å². The second-order valence-corrected chi connectivity index (χ2v) is 5.47. The van der Waals surface area contributed by atoms with Crippen molar-refractivity contribution in [2.45, 2.75) is 18.0 Å². The van der Waals surface area contributed by atoms with Crippen molar-refractivity contribution >= 4 is 0 Å². The summed E-state index contributed by atoms with van der Waals surface area (Å²) in [7, 11) is 0. The minimum Gasteiger partial charge on any atom is -0.395 e. The largest absolute Gasteiger partial charge is 0.395 e. The van der Waals surface area contributed by atoms with Gasteiger partial charge in [-0.2, -0.15) is 5.26 Å². The highest BCUT2D eigenvalue weighted by molar-refractivity contribution is 5.44. The van der Waals surface area contributed by atoms with Crippen LogP contribution in [0, 0.1) is 29.0 Å². The van der Waals surface area contributed by atoms with E-state index in [0.29, 0.717) is 0 Å². The van der Waals surface area contributed by atoms with Gasteiger partial charge in [0, 0.05) is 23.1 Å². The van der Waals surface area contributed by atoms with Gasteiger partial charge in [-0.05, 0) is 42.0 Å². The third kappa shape index (κ3) is 3.24. The van der Waals surface area contributed by atoms with Crippen molar-refractivity contribution in [1.82, 2.24) is 5.32 Å². The molecule has 3 rings (SSSR count). The lowest BCUT2D eigenvalue weighted by Gasteiger charge is -2.41. The van der Waals surface area contributed by atoms with Crippen LogP contribution < -0.4 is 5.32 Å². The molecule has 1 fully saturated rings. The molecule has 4 heteroatoms. The van der Waals surface area contributed by atoms with E-state index in [9.17, 15) is 9.50 Å². The summed E-state index contributed by atoms with van der Waals surface area (Å²) in [6, 6.07) is 15.6. The summed E-state index contributed by atoms with van der Waals surface area (Å²) < 4.78 is 12.8. The highest BCUT2D eigenvalue weighted by Crippen LogP contribution is 2.31. The summed E-state index contributed by atoms with van der Waals surface area (Å²) in [5.41, 5.74) is 2.62. The highest BCUT2D eigenvalue weighted by Gasteiger charge is 2.40. The van der Waals surface area contributed by atoms with Crippen LogP contribution in [-0.2, 0) is 0 Å². The summed E-state index contributed by atoms with van der Waals surface area (Å²) in [5.74, 6) is 5.74. The average Bonchev–Trinajstić information content (AvgIpc) is 2.55. The van der Waals surface area contributed by atoms with E-state index >= 15 is 0 Å². The normalized spacial score (nSPS) is 22.4. The van der Waals surface area contributed by atoms with Crippen LogP contribution >= 0.6 is 0 Å². The maximum Gasteiger partial charge on any atom is 0.123 e. The topological polar surface area (TPSA) is 56.0 Å². The van der Waals surface area contributed by atoms with E-state index < -0.39 is 0 Å². The van der Waals surface area contributed by atoms with Gasteiger partial charge < -0.3 is 5.11 Å². The highest BCUT2D eigenvalue weighted by atomic mass is 19.1. The van der Waals surface area contributed by atoms with Crippen LogP contribution in [0.4, 0.5) is 4.39 Å². The molecule has 1 saturated heterocycles. The fourth-order valence-electron chi connectivity index (χ4n) is 2.73. The van der Waals surface area contributed by atoms with Crippen molar-refractivity contribution < 1.29 is 9.50 Å². The van der Waals surface area contributed by atoms with Gasteiger partial charge in [0.2, 0.25) is 0 Å². The summed E-state index contributed by atoms with van der Waals surface area (Å²) in [6.45, 7) is 0.00890. The zero-order valence-corrected chi connectivity index (χ0v) is 12.3. The van der Waals surface area contributed by atoms with Crippen LogP contribution in [0.1, 0.15) is 22.6 Å². The second kappa shape index (κ2) is 6.62. The van der Waals surface area contributed by atoms with Crippen molar-refractivity contribution in [1.29, 1.82) is 5.26 Å². The number of rotatable bonds is 2. The molecule has 23 heavy (non-hydrogen) atoms. The average molecular weight is 306 g/mol. The molecule has 2 aromatic carbocycles. The standard InChI is InChI=1S/C19H15FN2O/c20-16-9-5-14(6-10-16)2-1-13-3-7-15(8-4-13)19-17(11-21)22-18(19)12-23/h3-10,17-19,22-23H,12H2/t17-,18-,19-/m0/s1. The van der Waals surface area contributed by atoms with Crippen molar-refractivity contribution in [2.24, 2.45) is 0 Å². The number of nitriles is 1. The molecule has 0 spiro atoms. The predicted molar refractivity (Wildman–Crippen MR) is 85.0 cm³/mol. The monoisotopic (exact) mass is 306 g/mol. The Hall–Kier alpha value is -2.66. The molecular formula is C19H15FN2O. The molecule has 2 N–H and O–H groups in total. The molecule has 2 aromatic rings. The Morgan fingerprint density at radius 2 is 1.57 bits per heavy atom. The number of aliphatic hydroxyl groups excluding tert-OH is 1. The summed E-state index contributed by atoms with van der Waals surface area (Å²) in [4.78, 5) is 0. The molecule has 3 atom stereocenters. The Bertz CT molecular complexity index is 781. The molecule has 0 aliphatic carbocycles. The Balaban J connectivity index is 1.75. The molecule has 0 bridgehead atoms. The Kier molecular flexibility index (Phi) is 4.39. The molecule has 1 aliphatic rings. The van der Waals surface area contributed by atoms with Crippen molar-refractivity contribution in [2.75, 3.05) is 6.61 Å². The molecule has 0 saturated carbocycles. The number of aliphatic hydroxyl groups is 1. The van der Waals surface area contributed by atoms with Gasteiger partial charge in [-0.25, -0.2) is 4.39 Å². The van der Waals surface area contributed by atoms with Gasteiger partial charge in [0.1, 0.15) is 11.9 Å². The minimum absolute atomic E-state index is 0.00380. The molecule has 114 valence electrons. The molecule has 1 aliphatic heterocycles. The molecule has 0 unspecified atom stereocenters. The van der Waals surface area contributed by atoms with Crippen LogP contribution in [0.15, 0.2) is 48.5 Å². The molecule has 0 radical (unpaired) electrons. The number of nitrogens with one attached hydrogen (secondary N) is 1. The zero-order chi connectivity index (χ0) is 16.2. The maximum absolute atomic E-state index is 12.8. The number of benzene rings is 2. The summed E-state index contributed by atoms with van der Waals surface area (Å²) >= 11 is 0. The van der Waals surface area contributed by atoms with Gasteiger partial charge in [0.05, 0.1) is 12.7 Å². The lowest BCUT2D eigenvalue weighted by Crippen LogP contribution is -2.60. The first-order chi connectivity index (χ1) is 11.2. The first-order valence-electron chi connectivity index (χ1n) is 7.35. The number of nitrogens with zero attached hydrogens (tertiary/aromatic N) is 1. The molecule has 0 aromatic heterocycles. The second-order valence-electron chi connectivity index (χ2n) is 5.47. The van der Waals surface area contributed by atoms with E-state index in [1.54, 1.807) is 12.1 Å². The Morgan fingerprint density at radius 1 is 1.00 bits per heavy atom. The summed E-state index contributed by atoms with van der Waals surface area (Å²) in [6.07, 6.45) is 0. The first kappa shape index (κ1) is 15.2. The Morgan fingerprint density at radius 3 is 2.09 bits per heavy atom. The van der Waals surface area contributed by atoms with Crippen molar-refractivity contribution in [3.8, 4) is 17.9 Å². The summed E-state index contributed by atoms with van der Waals surface area (Å²) in [5, 5.41) is 21.4. The number of hydrogen-bond acceptors (Lipinski definition) is 3. The van der Waals surface area contributed by atoms with E-state index in [0.717, 1.165) is 16.7 Å². The molecular weight excluding hydrogens is 291 g/mol. The van der Waals surface area contributed by atoms with Crippen molar-refractivity contribution in [3.63, 3.8) is 0 Å². The lowest BCUT2D eigenvalue weighted by molar-refractivity contribution is 0.151. The van der Waals surface area contributed by atoms with Gasteiger partial charge in [0.15, 0.2) is 0 Å². The van der Waals surface area contributed by atoms with Gasteiger partial charge >= 0.3 is 0 Å². The van der Waals surface area contributed by atoms with Crippen LogP contribution in [0.5, 0.6) is 0 Å². The van der Waals surface area contributed by atoms with Crippen LogP contribution in [0.25, 0.3) is 0 Å². The first-order valence-corrected chi connectivity index (χ1v) is 7.35. The lowest BCUT2D eigenvalue weighted by atomic mass is 9.78. The third-order valence-corrected chi connectivity index (χ3v) is 4.01. The van der Waals surface area contributed by atoms with Crippen LogP contribution in [-0.4, -0.2) is 23.8 Å². The van der Waals surface area contributed by atoms with Gasteiger partial charge in [-0.3, -0.25) is 5.32 Å². The fraction of sp³-hybridized carbons (Fsp3) is 0.211. The van der Waals surface area contributed by atoms with E-state index in [2.05, 4.69) is 23.2 Å². The maximum atomic E-state index is 12.8. The van der Waals surface area contributed by atoms with Gasteiger partial charge in [0.25, 0.3) is 0 Å². The van der Waals surface area contributed by atoms with E-state index in [1.165, 1.54) is 12.1 Å². The molecule has 0 amide bonds. The quantitative estimate of drug-likeness (QED) is 0.836. The minimum atomic E-state index is -0.278. The number of halogens is 1. The third-order valence-electron chi connectivity index (χ3n) is 4.01. The zero-order valence-electron chi connectivity index (χ0n) is 12.3. The van der Waals surface area contributed by atoms with E-state index in [-0.39, 0.29) is 30.4 Å². The van der Waals surface area contributed by atoms with E-state index in [1.807, 2.05) is 24.3 Å². The smallest absolute Gasteiger partial charge is 0.123 e. The fourth-order valence-corrected chi connectivity index (χ4v) is 2.73. The molecule has 1 heterocycles. The van der Waals surface area contributed by atoms with Crippen LogP contribution in [0.3, 0.4) is 0 Å². The van der Waals surface area contributed by atoms with E-state index in [4.69, 9.17) is 5.26 Å². The SMILES string of the molecule is N#C[C@@H]1N[C@@H](CO)[C@H]1c1ccc(C#Cc2ccc(F)cc2)cc1. The number of hydrogen-bond donors (Lipinski definition) is 2. The van der Waals surface area contributed by atoms with Gasteiger partial charge in [-0.15, -0.1) is 0 Å². The predicted octanol–water partition coefficient (Wildman–Crippen LogP) is 2.17. The molecule has 3 nitrogen and oxygen atoms in total. The van der Waals surface area contributed by atoms with Crippen LogP contribution in [0.2, 0.25) is 0 Å². The Labute approximate surface area is 134 Å². The van der Waals surface area contributed by atoms with Crippen molar-refractivity contribution in [3.05, 3.63) is 71.0 Å².